The van der Waals surface area contributed by atoms with Gasteiger partial charge in [-0.15, -0.1) is 0 Å². The summed E-state index contributed by atoms with van der Waals surface area (Å²) in [5.41, 5.74) is 3.70. The highest BCUT2D eigenvalue weighted by Crippen LogP contribution is 2.44. The number of anilines is 1. The Kier molecular flexibility index (Phi) is 13.5. The average Bonchev–Trinajstić information content (AvgIpc) is 3.51. The van der Waals surface area contributed by atoms with E-state index < -0.39 is 66.3 Å². The molecule has 16 nitrogen and oxygen atoms in total. The van der Waals surface area contributed by atoms with Gasteiger partial charge in [0.15, 0.2) is 5.75 Å². The minimum atomic E-state index is -1.08. The molecule has 5 amide bonds. The topological polar surface area (TPSA) is 219 Å². The molecule has 0 aromatic heterocycles. The molecule has 0 unspecified atom stereocenters. The Morgan fingerprint density at radius 3 is 2.00 bits per heavy atom. The van der Waals surface area contributed by atoms with Gasteiger partial charge in [0.25, 0.3) is 10.9 Å². The highest BCUT2D eigenvalue weighted by atomic mass is 16.5. The van der Waals surface area contributed by atoms with Crippen LogP contribution in [0.2, 0.25) is 0 Å². The molecule has 0 saturated carbocycles. The molecule has 1 aliphatic rings. The number of carbonyl (C=O) groups is 5. The third-order valence-corrected chi connectivity index (χ3v) is 8.53. The summed E-state index contributed by atoms with van der Waals surface area (Å²) < 4.78 is 15.6. The normalized spacial score (nSPS) is 12.1. The van der Waals surface area contributed by atoms with Crippen molar-refractivity contribution in [1.82, 2.24) is 26.6 Å². The number of hydrogen-bond donors (Lipinski definition) is 6. The quantitative estimate of drug-likeness (QED) is 0.0436. The Labute approximate surface area is 309 Å². The molecule has 0 saturated heterocycles. The number of alkyl carbamates (subject to hydrolysis) is 1. The van der Waals surface area contributed by atoms with Gasteiger partial charge >= 0.3 is 6.09 Å². The predicted octanol–water partition coefficient (Wildman–Crippen LogP) is 0.292. The van der Waals surface area contributed by atoms with Crippen molar-refractivity contribution in [2.45, 2.75) is 18.4 Å². The lowest BCUT2D eigenvalue weighted by atomic mass is 9.98. The zero-order valence-corrected chi connectivity index (χ0v) is 29.4. The minimum absolute atomic E-state index is 0.0452. The van der Waals surface area contributed by atoms with Gasteiger partial charge in [0.05, 0.1) is 26.8 Å². The van der Waals surface area contributed by atoms with Crippen LogP contribution >= 0.6 is 0 Å². The zero-order chi connectivity index (χ0) is 38.5. The first kappa shape index (κ1) is 38.7. The maximum absolute atomic E-state index is 13.1. The minimum Gasteiger partial charge on any atom is -0.491 e. The van der Waals surface area contributed by atoms with Crippen molar-refractivity contribution in [3.63, 3.8) is 0 Å². The van der Waals surface area contributed by atoms with Crippen molar-refractivity contribution in [2.75, 3.05) is 58.6 Å². The molecule has 0 radical (unpaired) electrons. The highest BCUT2D eigenvalue weighted by molar-refractivity contribution is 5.92. The van der Waals surface area contributed by atoms with E-state index in [1.54, 1.807) is 30.3 Å². The van der Waals surface area contributed by atoms with Crippen LogP contribution in [-0.2, 0) is 35.1 Å². The maximum atomic E-state index is 13.1. The Morgan fingerprint density at radius 2 is 1.31 bits per heavy atom. The molecule has 0 aliphatic heterocycles. The molecule has 5 rings (SSSR count). The Hall–Kier alpha value is -6.55. The molecule has 16 heteroatoms. The van der Waals surface area contributed by atoms with E-state index in [1.807, 2.05) is 48.5 Å². The molecule has 54 heavy (non-hydrogen) atoms. The summed E-state index contributed by atoms with van der Waals surface area (Å²) >= 11 is 0. The monoisotopic (exact) mass is 740 g/mol. The lowest BCUT2D eigenvalue weighted by Crippen LogP contribution is -2.52. The van der Waals surface area contributed by atoms with E-state index in [4.69, 9.17) is 14.2 Å². The lowest BCUT2D eigenvalue weighted by molar-refractivity contribution is -0.131. The standard InChI is InChI=1S/C38H40N6O10/c1-52-36-33(34(48)35(36)49)39-15-16-53-22-43-31(46)18-41-37(50)29(17-23-9-3-2-4-10-23)44-32(47)20-40-30(45)19-42-38(51)54-21-28-26-13-7-5-11-24(26)25-12-6-8-14-27(25)28/h2-14,28-29,39H,15-22H2,1H3,(H,40,45)(H,41,50)(H,42,51)(H,43,46)(H,44,47)/t29-/m0/s1. The SMILES string of the molecule is COc1c(NCCOCNC(=O)CNC(=O)[C@H](Cc2ccccc2)NC(=O)CNC(=O)CNC(=O)OCC2c3ccccc3-c3ccccc32)c(=O)c1=O. The molecular weight excluding hydrogens is 700 g/mol. The van der Waals surface area contributed by atoms with Crippen LogP contribution in [0.4, 0.5) is 10.5 Å². The van der Waals surface area contributed by atoms with E-state index in [2.05, 4.69) is 31.9 Å². The second-order valence-electron chi connectivity index (χ2n) is 12.1. The van der Waals surface area contributed by atoms with Gasteiger partial charge in [0, 0.05) is 18.9 Å². The van der Waals surface area contributed by atoms with E-state index in [0.29, 0.717) is 0 Å². The van der Waals surface area contributed by atoms with Gasteiger partial charge in [-0.25, -0.2) is 4.79 Å². The number of benzene rings is 3. The number of fused-ring (bicyclic) bond motifs is 3. The van der Waals surface area contributed by atoms with Crippen LogP contribution < -0.4 is 47.5 Å². The third-order valence-electron chi connectivity index (χ3n) is 8.53. The number of hydrogen-bond acceptors (Lipinski definition) is 11. The Balaban J connectivity index is 1.00. The average molecular weight is 741 g/mol. The van der Waals surface area contributed by atoms with Crippen molar-refractivity contribution < 1.29 is 38.2 Å². The van der Waals surface area contributed by atoms with Crippen LogP contribution in [0.25, 0.3) is 11.1 Å². The number of carbonyl (C=O) groups excluding carboxylic acids is 5. The van der Waals surface area contributed by atoms with Crippen molar-refractivity contribution in [2.24, 2.45) is 0 Å². The van der Waals surface area contributed by atoms with E-state index in [9.17, 15) is 33.6 Å². The van der Waals surface area contributed by atoms with E-state index in [-0.39, 0.29) is 50.3 Å². The second-order valence-corrected chi connectivity index (χ2v) is 12.1. The van der Waals surface area contributed by atoms with Crippen LogP contribution in [0, 0.1) is 0 Å². The van der Waals surface area contributed by atoms with E-state index in [1.165, 1.54) is 7.11 Å². The van der Waals surface area contributed by atoms with Gasteiger partial charge in [0.2, 0.25) is 23.6 Å². The van der Waals surface area contributed by atoms with Gasteiger partial charge in [-0.2, -0.15) is 0 Å². The Morgan fingerprint density at radius 1 is 0.704 bits per heavy atom. The summed E-state index contributed by atoms with van der Waals surface area (Å²) in [6.45, 7) is -1.20. The molecule has 1 atom stereocenters. The fraction of sp³-hybridized carbons (Fsp3) is 0.289. The molecule has 4 aromatic rings. The maximum Gasteiger partial charge on any atom is 0.407 e. The molecule has 282 valence electrons. The van der Waals surface area contributed by atoms with Crippen LogP contribution in [0.3, 0.4) is 0 Å². The van der Waals surface area contributed by atoms with Crippen molar-refractivity contribution in [3.8, 4) is 16.9 Å². The van der Waals surface area contributed by atoms with Gasteiger partial charge in [-0.3, -0.25) is 28.8 Å². The van der Waals surface area contributed by atoms with Crippen LogP contribution in [0.5, 0.6) is 5.75 Å². The Bertz CT molecular complexity index is 2000. The molecular formula is C38H40N6O10. The summed E-state index contributed by atoms with van der Waals surface area (Å²) in [5.74, 6) is -2.72. The number of ether oxygens (including phenoxy) is 3. The number of rotatable bonds is 19. The van der Waals surface area contributed by atoms with Crippen molar-refractivity contribution >= 4 is 35.4 Å². The third kappa shape index (κ3) is 10.1. The molecule has 4 aromatic carbocycles. The largest absolute Gasteiger partial charge is 0.491 e. The van der Waals surface area contributed by atoms with Crippen molar-refractivity contribution in [1.29, 1.82) is 0 Å². The van der Waals surface area contributed by atoms with Gasteiger partial charge in [0.1, 0.15) is 31.6 Å². The first-order chi connectivity index (χ1) is 26.2. The van der Waals surface area contributed by atoms with Crippen molar-refractivity contribution in [3.05, 3.63) is 116 Å². The summed E-state index contributed by atoms with van der Waals surface area (Å²) in [5, 5.41) is 15.0. The van der Waals surface area contributed by atoms with Crippen LogP contribution in [-0.4, -0.2) is 89.0 Å². The number of nitrogens with one attached hydrogen (secondary N) is 6. The van der Waals surface area contributed by atoms with Crippen LogP contribution in [0.15, 0.2) is 88.5 Å². The lowest BCUT2D eigenvalue weighted by Gasteiger charge is -2.19. The number of methoxy groups -OCH3 is 1. The number of amides is 5. The summed E-state index contributed by atoms with van der Waals surface area (Å²) in [4.78, 5) is 85.9. The zero-order valence-electron chi connectivity index (χ0n) is 29.4. The van der Waals surface area contributed by atoms with Crippen LogP contribution in [0.1, 0.15) is 22.6 Å². The fourth-order valence-corrected chi connectivity index (χ4v) is 5.88. The smallest absolute Gasteiger partial charge is 0.407 e. The first-order valence-electron chi connectivity index (χ1n) is 17.1. The van der Waals surface area contributed by atoms with Gasteiger partial charge in [-0.05, 0) is 27.8 Å². The fourth-order valence-electron chi connectivity index (χ4n) is 5.88. The molecule has 1 aliphatic carbocycles. The molecule has 0 fully saturated rings. The summed E-state index contributed by atoms with van der Waals surface area (Å²) in [6.07, 6.45) is -0.689. The molecule has 0 spiro atoms. The summed E-state index contributed by atoms with van der Waals surface area (Å²) in [7, 11) is 1.28. The summed E-state index contributed by atoms with van der Waals surface area (Å²) in [6, 6.07) is 23.6. The second kappa shape index (κ2) is 18.8. The predicted molar refractivity (Wildman–Crippen MR) is 197 cm³/mol. The van der Waals surface area contributed by atoms with Gasteiger partial charge < -0.3 is 46.1 Å². The van der Waals surface area contributed by atoms with E-state index in [0.717, 1.165) is 27.8 Å². The highest BCUT2D eigenvalue weighted by Gasteiger charge is 2.29. The molecule has 0 heterocycles. The van der Waals surface area contributed by atoms with E-state index >= 15 is 0 Å². The first-order valence-corrected chi connectivity index (χ1v) is 17.1. The molecule has 6 N–H and O–H groups in total. The van der Waals surface area contributed by atoms with Gasteiger partial charge in [-0.1, -0.05) is 78.9 Å². The molecule has 0 bridgehead atoms.